The predicted octanol–water partition coefficient (Wildman–Crippen LogP) is 4.53. The smallest absolute Gasteiger partial charge is 0.0675 e. The second-order valence-corrected chi connectivity index (χ2v) is 5.70. The van der Waals surface area contributed by atoms with Crippen molar-refractivity contribution >= 4 is 0 Å². The lowest BCUT2D eigenvalue weighted by Crippen LogP contribution is -2.35. The molecule has 0 saturated heterocycles. The van der Waals surface area contributed by atoms with Gasteiger partial charge in [-0.15, -0.1) is 0 Å². The highest BCUT2D eigenvalue weighted by molar-refractivity contribution is 4.64. The van der Waals surface area contributed by atoms with Crippen LogP contribution in [0, 0.1) is 0 Å². The molecule has 3 atom stereocenters. The molecule has 0 aliphatic rings. The van der Waals surface area contributed by atoms with E-state index >= 15 is 0 Å². The molecule has 110 valence electrons. The topological polar surface area (TPSA) is 21.3 Å². The van der Waals surface area contributed by atoms with E-state index in [1.54, 1.807) is 0 Å². The van der Waals surface area contributed by atoms with Gasteiger partial charge in [-0.2, -0.15) is 0 Å². The molecule has 18 heavy (non-hydrogen) atoms. The lowest BCUT2D eigenvalue weighted by atomic mass is 10.1. The molecule has 0 bridgehead atoms. The fraction of sp³-hybridized carbons (Fsp3) is 1.00. The van der Waals surface area contributed by atoms with Crippen LogP contribution in [0.2, 0.25) is 0 Å². The highest BCUT2D eigenvalue weighted by Gasteiger charge is 2.09. The average Bonchev–Trinajstić information content (AvgIpc) is 2.32. The fourth-order valence-corrected chi connectivity index (χ4v) is 2.27. The van der Waals surface area contributed by atoms with Crippen LogP contribution in [0.1, 0.15) is 79.6 Å². The van der Waals surface area contributed by atoms with Crippen molar-refractivity contribution < 1.29 is 4.74 Å². The van der Waals surface area contributed by atoms with Gasteiger partial charge in [0.15, 0.2) is 0 Å². The van der Waals surface area contributed by atoms with E-state index in [2.05, 4.69) is 39.9 Å². The van der Waals surface area contributed by atoms with Crippen molar-refractivity contribution in [2.75, 3.05) is 6.54 Å². The summed E-state index contributed by atoms with van der Waals surface area (Å²) in [7, 11) is 0. The number of hydrogen-bond acceptors (Lipinski definition) is 2. The number of unbranched alkanes of at least 4 members (excludes halogenated alkanes) is 3. The Balaban J connectivity index is 3.51. The van der Waals surface area contributed by atoms with Gasteiger partial charge >= 0.3 is 0 Å². The van der Waals surface area contributed by atoms with Gasteiger partial charge in [-0.1, -0.05) is 46.0 Å². The van der Waals surface area contributed by atoms with Crippen LogP contribution in [0.15, 0.2) is 0 Å². The minimum Gasteiger partial charge on any atom is -0.374 e. The molecule has 0 radical (unpaired) electrons. The van der Waals surface area contributed by atoms with E-state index in [1.165, 1.54) is 44.9 Å². The molecule has 1 N–H and O–H groups in total. The van der Waals surface area contributed by atoms with Crippen LogP contribution in [0.4, 0.5) is 0 Å². The van der Waals surface area contributed by atoms with Crippen LogP contribution in [0.25, 0.3) is 0 Å². The van der Waals surface area contributed by atoms with Crippen molar-refractivity contribution in [3.05, 3.63) is 0 Å². The van der Waals surface area contributed by atoms with E-state index in [1.807, 2.05) is 0 Å². The molecule has 0 amide bonds. The molecule has 3 unspecified atom stereocenters. The molecule has 0 saturated carbocycles. The Morgan fingerprint density at radius 1 is 0.833 bits per heavy atom. The Kier molecular flexibility index (Phi) is 11.9. The predicted molar refractivity (Wildman–Crippen MR) is 81.1 cm³/mol. The molecule has 0 aliphatic carbocycles. The first kappa shape index (κ1) is 17.9. The quantitative estimate of drug-likeness (QED) is 0.519. The molecular weight excluding hydrogens is 222 g/mol. The van der Waals surface area contributed by atoms with Crippen molar-refractivity contribution in [1.29, 1.82) is 0 Å². The highest BCUT2D eigenvalue weighted by atomic mass is 16.5. The van der Waals surface area contributed by atoms with Gasteiger partial charge in [-0.3, -0.25) is 0 Å². The summed E-state index contributed by atoms with van der Waals surface area (Å²) in [4.78, 5) is 0. The number of nitrogens with one attached hydrogen (secondary N) is 1. The van der Waals surface area contributed by atoms with Gasteiger partial charge in [0.05, 0.1) is 12.2 Å². The zero-order valence-corrected chi connectivity index (χ0v) is 13.3. The maximum Gasteiger partial charge on any atom is 0.0675 e. The summed E-state index contributed by atoms with van der Waals surface area (Å²) in [6, 6.07) is 0.612. The molecule has 0 rings (SSSR count). The van der Waals surface area contributed by atoms with Crippen molar-refractivity contribution in [2.45, 2.75) is 97.8 Å². The lowest BCUT2D eigenvalue weighted by molar-refractivity contribution is 0.00256. The summed E-state index contributed by atoms with van der Waals surface area (Å²) in [6.07, 6.45) is 9.76. The molecule has 0 heterocycles. The minimum absolute atomic E-state index is 0.325. The summed E-state index contributed by atoms with van der Waals surface area (Å²) in [5.74, 6) is 0. The van der Waals surface area contributed by atoms with E-state index in [4.69, 9.17) is 4.74 Å². The Hall–Kier alpha value is -0.0800. The molecule has 0 spiro atoms. The third-order valence-corrected chi connectivity index (χ3v) is 3.40. The molecule has 0 aromatic heterocycles. The zero-order chi connectivity index (χ0) is 13.8. The summed E-state index contributed by atoms with van der Waals surface area (Å²) in [6.45, 7) is 12.1. The normalized spacial score (nSPS) is 16.5. The van der Waals surface area contributed by atoms with Gasteiger partial charge in [0.25, 0.3) is 0 Å². The standard InChI is InChI=1S/C16H35NO/c1-6-8-9-10-12-15(4)18-16(5)13-17-14(3)11-7-2/h14-17H,6-13H2,1-5H3. The van der Waals surface area contributed by atoms with Crippen LogP contribution in [-0.2, 0) is 4.74 Å². The number of rotatable bonds is 12. The SMILES string of the molecule is CCCCCCC(C)OC(C)CNC(C)CCC. The van der Waals surface area contributed by atoms with Gasteiger partial charge in [0.2, 0.25) is 0 Å². The number of hydrogen-bond donors (Lipinski definition) is 1. The molecule has 0 aromatic rings. The molecular formula is C16H35NO. The molecule has 0 fully saturated rings. The zero-order valence-electron chi connectivity index (χ0n) is 13.3. The maximum absolute atomic E-state index is 6.00. The van der Waals surface area contributed by atoms with E-state index in [0.717, 1.165) is 6.54 Å². The van der Waals surface area contributed by atoms with Crippen molar-refractivity contribution in [3.8, 4) is 0 Å². The Morgan fingerprint density at radius 2 is 1.56 bits per heavy atom. The van der Waals surface area contributed by atoms with Crippen molar-refractivity contribution in [1.82, 2.24) is 5.32 Å². The second-order valence-electron chi connectivity index (χ2n) is 5.70. The third kappa shape index (κ3) is 11.0. The van der Waals surface area contributed by atoms with E-state index in [-0.39, 0.29) is 0 Å². The van der Waals surface area contributed by atoms with Crippen LogP contribution < -0.4 is 5.32 Å². The van der Waals surface area contributed by atoms with E-state index < -0.39 is 0 Å². The maximum atomic E-state index is 6.00. The van der Waals surface area contributed by atoms with Gasteiger partial charge in [-0.25, -0.2) is 0 Å². The van der Waals surface area contributed by atoms with Crippen molar-refractivity contribution in [3.63, 3.8) is 0 Å². The summed E-state index contributed by atoms with van der Waals surface area (Å²) >= 11 is 0. The first-order valence-corrected chi connectivity index (χ1v) is 7.98. The van der Waals surface area contributed by atoms with Gasteiger partial charge < -0.3 is 10.1 Å². The Morgan fingerprint density at radius 3 is 2.17 bits per heavy atom. The molecule has 2 nitrogen and oxygen atoms in total. The second kappa shape index (κ2) is 12.0. The Labute approximate surface area is 115 Å². The van der Waals surface area contributed by atoms with Crippen LogP contribution in [0.5, 0.6) is 0 Å². The van der Waals surface area contributed by atoms with Gasteiger partial charge in [0, 0.05) is 12.6 Å². The molecule has 0 aliphatic heterocycles. The third-order valence-electron chi connectivity index (χ3n) is 3.40. The van der Waals surface area contributed by atoms with Crippen LogP contribution in [0.3, 0.4) is 0 Å². The number of ether oxygens (including phenoxy) is 1. The lowest BCUT2D eigenvalue weighted by Gasteiger charge is -2.21. The average molecular weight is 257 g/mol. The summed E-state index contributed by atoms with van der Waals surface area (Å²) < 4.78 is 6.00. The summed E-state index contributed by atoms with van der Waals surface area (Å²) in [5, 5.41) is 3.54. The largest absolute Gasteiger partial charge is 0.374 e. The van der Waals surface area contributed by atoms with Crippen molar-refractivity contribution in [2.24, 2.45) is 0 Å². The summed E-state index contributed by atoms with van der Waals surface area (Å²) in [5.41, 5.74) is 0. The fourth-order valence-electron chi connectivity index (χ4n) is 2.27. The van der Waals surface area contributed by atoms with E-state index in [0.29, 0.717) is 18.2 Å². The monoisotopic (exact) mass is 257 g/mol. The van der Waals surface area contributed by atoms with Gasteiger partial charge in [0.1, 0.15) is 0 Å². The highest BCUT2D eigenvalue weighted by Crippen LogP contribution is 2.09. The molecule has 0 aromatic carbocycles. The van der Waals surface area contributed by atoms with Gasteiger partial charge in [-0.05, 0) is 33.6 Å². The van der Waals surface area contributed by atoms with Crippen LogP contribution >= 0.6 is 0 Å². The minimum atomic E-state index is 0.325. The van der Waals surface area contributed by atoms with Crippen LogP contribution in [-0.4, -0.2) is 24.8 Å². The van der Waals surface area contributed by atoms with E-state index in [9.17, 15) is 0 Å². The first-order chi connectivity index (χ1) is 8.60. The molecule has 2 heteroatoms. The first-order valence-electron chi connectivity index (χ1n) is 7.98. The Bertz CT molecular complexity index is 172.